The van der Waals surface area contributed by atoms with E-state index in [1.54, 1.807) is 0 Å². The minimum Gasteiger partial charge on any atom is -0.304 e. The van der Waals surface area contributed by atoms with Gasteiger partial charge in [0.05, 0.1) is 0 Å². The molecule has 1 heterocycles. The number of piperazine rings is 1. The summed E-state index contributed by atoms with van der Waals surface area (Å²) in [7, 11) is 2.21. The molecule has 1 aliphatic rings. The second-order valence-corrected chi connectivity index (χ2v) is 5.06. The zero-order valence-electron chi connectivity index (χ0n) is 13.2. The molecule has 0 saturated carbocycles. The van der Waals surface area contributed by atoms with Gasteiger partial charge in [0, 0.05) is 32.7 Å². The lowest BCUT2D eigenvalue weighted by atomic mass is 10.1. The van der Waals surface area contributed by atoms with Crippen molar-refractivity contribution in [2.24, 2.45) is 0 Å². The highest BCUT2D eigenvalue weighted by Crippen LogP contribution is 2.07. The third-order valence-electron chi connectivity index (χ3n) is 3.74. The van der Waals surface area contributed by atoms with Crippen LogP contribution in [0.25, 0.3) is 0 Å². The van der Waals surface area contributed by atoms with Crippen molar-refractivity contribution in [1.29, 1.82) is 0 Å². The van der Waals surface area contributed by atoms with Gasteiger partial charge >= 0.3 is 0 Å². The van der Waals surface area contributed by atoms with E-state index in [1.165, 1.54) is 50.3 Å². The molecule has 2 heteroatoms. The number of rotatable bonds is 4. The zero-order chi connectivity index (χ0) is 14.1. The van der Waals surface area contributed by atoms with Crippen molar-refractivity contribution < 1.29 is 0 Å². The van der Waals surface area contributed by atoms with Crippen molar-refractivity contribution in [2.45, 2.75) is 33.6 Å². The van der Waals surface area contributed by atoms with Crippen LogP contribution in [0.4, 0.5) is 0 Å². The second kappa shape index (κ2) is 9.11. The van der Waals surface area contributed by atoms with Crippen LogP contribution >= 0.6 is 0 Å². The summed E-state index contributed by atoms with van der Waals surface area (Å²) in [5, 5.41) is 0. The molecule has 0 spiro atoms. The van der Waals surface area contributed by atoms with Gasteiger partial charge in [0.2, 0.25) is 0 Å². The lowest BCUT2D eigenvalue weighted by molar-refractivity contribution is 0.155. The first-order valence-electron chi connectivity index (χ1n) is 7.76. The SMILES string of the molecule is CC.CCc1ccc(CCN2CCN(C)CC2)cc1. The second-order valence-electron chi connectivity index (χ2n) is 5.06. The van der Waals surface area contributed by atoms with E-state index in [-0.39, 0.29) is 0 Å². The van der Waals surface area contributed by atoms with Gasteiger partial charge in [0.15, 0.2) is 0 Å². The topological polar surface area (TPSA) is 6.48 Å². The van der Waals surface area contributed by atoms with Crippen LogP contribution in [0.1, 0.15) is 31.9 Å². The normalized spacial score (nSPS) is 16.8. The number of likely N-dealkylation sites (N-methyl/N-ethyl adjacent to an activating group) is 1. The molecule has 0 aromatic heterocycles. The summed E-state index contributed by atoms with van der Waals surface area (Å²) in [5.74, 6) is 0. The van der Waals surface area contributed by atoms with Crippen LogP contribution in [0.5, 0.6) is 0 Å². The molecular weight excluding hydrogens is 232 g/mol. The first-order chi connectivity index (χ1) is 9.28. The monoisotopic (exact) mass is 262 g/mol. The van der Waals surface area contributed by atoms with E-state index in [2.05, 4.69) is 48.0 Å². The Labute approximate surface area is 119 Å². The number of aryl methyl sites for hydroxylation is 1. The first-order valence-corrected chi connectivity index (χ1v) is 7.76. The lowest BCUT2D eigenvalue weighted by Gasteiger charge is -2.32. The van der Waals surface area contributed by atoms with E-state index in [1.807, 2.05) is 13.8 Å². The summed E-state index contributed by atoms with van der Waals surface area (Å²) in [6, 6.07) is 9.10. The maximum Gasteiger partial charge on any atom is 0.0110 e. The van der Waals surface area contributed by atoms with Gasteiger partial charge in [-0.15, -0.1) is 0 Å². The molecule has 0 N–H and O–H groups in total. The van der Waals surface area contributed by atoms with Crippen molar-refractivity contribution in [2.75, 3.05) is 39.8 Å². The molecule has 108 valence electrons. The quantitative estimate of drug-likeness (QED) is 0.823. The Morgan fingerprint density at radius 1 is 0.895 bits per heavy atom. The first kappa shape index (κ1) is 16.2. The molecule has 0 bridgehead atoms. The Bertz CT molecular complexity index is 324. The number of hydrogen-bond donors (Lipinski definition) is 0. The number of hydrogen-bond acceptors (Lipinski definition) is 2. The van der Waals surface area contributed by atoms with Crippen LogP contribution in [0.15, 0.2) is 24.3 Å². The van der Waals surface area contributed by atoms with Crippen molar-refractivity contribution in [3.05, 3.63) is 35.4 Å². The fourth-order valence-corrected chi connectivity index (χ4v) is 2.30. The standard InChI is InChI=1S/C15H24N2.C2H6/c1-3-14-4-6-15(7-5-14)8-9-17-12-10-16(2)11-13-17;1-2/h4-7H,3,8-13H2,1-2H3;1-2H3. The van der Waals surface area contributed by atoms with Crippen molar-refractivity contribution >= 4 is 0 Å². The van der Waals surface area contributed by atoms with E-state index >= 15 is 0 Å². The van der Waals surface area contributed by atoms with Crippen molar-refractivity contribution in [1.82, 2.24) is 9.80 Å². The molecule has 1 fully saturated rings. The van der Waals surface area contributed by atoms with E-state index in [9.17, 15) is 0 Å². The Kier molecular flexibility index (Phi) is 7.76. The lowest BCUT2D eigenvalue weighted by Crippen LogP contribution is -2.45. The minimum atomic E-state index is 1.14. The summed E-state index contributed by atoms with van der Waals surface area (Å²) in [4.78, 5) is 4.99. The molecule has 0 aliphatic carbocycles. The van der Waals surface area contributed by atoms with Crippen LogP contribution in [0, 0.1) is 0 Å². The largest absolute Gasteiger partial charge is 0.304 e. The number of benzene rings is 1. The summed E-state index contributed by atoms with van der Waals surface area (Å²) in [5.41, 5.74) is 2.91. The van der Waals surface area contributed by atoms with Gasteiger partial charge in [-0.2, -0.15) is 0 Å². The summed E-state index contributed by atoms with van der Waals surface area (Å²) < 4.78 is 0. The third kappa shape index (κ3) is 5.75. The predicted molar refractivity (Wildman–Crippen MR) is 84.8 cm³/mol. The number of nitrogens with zero attached hydrogens (tertiary/aromatic N) is 2. The van der Waals surface area contributed by atoms with E-state index < -0.39 is 0 Å². The highest BCUT2D eigenvalue weighted by Gasteiger charge is 2.12. The molecule has 1 aromatic rings. The summed E-state index contributed by atoms with van der Waals surface area (Å²) in [6.07, 6.45) is 2.33. The smallest absolute Gasteiger partial charge is 0.0110 e. The Balaban J connectivity index is 0.000000861. The van der Waals surface area contributed by atoms with Crippen LogP contribution in [-0.2, 0) is 12.8 Å². The molecule has 1 aliphatic heterocycles. The molecule has 0 unspecified atom stereocenters. The highest BCUT2D eigenvalue weighted by molar-refractivity contribution is 5.22. The van der Waals surface area contributed by atoms with Crippen molar-refractivity contribution in [3.8, 4) is 0 Å². The van der Waals surface area contributed by atoms with Gasteiger partial charge in [0.25, 0.3) is 0 Å². The maximum absolute atomic E-state index is 2.58. The molecule has 0 amide bonds. The zero-order valence-corrected chi connectivity index (χ0v) is 13.2. The van der Waals surface area contributed by atoms with Crippen LogP contribution < -0.4 is 0 Å². The molecular formula is C17H30N2. The average Bonchev–Trinajstić information content (AvgIpc) is 2.49. The average molecular weight is 262 g/mol. The van der Waals surface area contributed by atoms with Gasteiger partial charge in [-0.05, 0) is 31.0 Å². The fourth-order valence-electron chi connectivity index (χ4n) is 2.30. The summed E-state index contributed by atoms with van der Waals surface area (Å²) in [6.45, 7) is 12.3. The molecule has 0 atom stereocenters. The molecule has 1 aromatic carbocycles. The minimum absolute atomic E-state index is 1.14. The van der Waals surface area contributed by atoms with Crippen molar-refractivity contribution in [3.63, 3.8) is 0 Å². The predicted octanol–water partition coefficient (Wildman–Crippen LogP) is 3.07. The molecule has 19 heavy (non-hydrogen) atoms. The summed E-state index contributed by atoms with van der Waals surface area (Å²) >= 11 is 0. The molecule has 1 saturated heterocycles. The molecule has 0 radical (unpaired) electrons. The van der Waals surface area contributed by atoms with E-state index in [0.29, 0.717) is 0 Å². The Morgan fingerprint density at radius 3 is 1.95 bits per heavy atom. The van der Waals surface area contributed by atoms with E-state index in [0.717, 1.165) is 6.42 Å². The Morgan fingerprint density at radius 2 is 1.42 bits per heavy atom. The Hall–Kier alpha value is -0.860. The van der Waals surface area contributed by atoms with E-state index in [4.69, 9.17) is 0 Å². The molecule has 2 nitrogen and oxygen atoms in total. The van der Waals surface area contributed by atoms with Gasteiger partial charge in [-0.1, -0.05) is 45.0 Å². The molecule has 2 rings (SSSR count). The fraction of sp³-hybridized carbons (Fsp3) is 0.647. The van der Waals surface area contributed by atoms with Gasteiger partial charge < -0.3 is 9.80 Å². The highest BCUT2D eigenvalue weighted by atomic mass is 15.2. The van der Waals surface area contributed by atoms with Crippen LogP contribution in [0.2, 0.25) is 0 Å². The van der Waals surface area contributed by atoms with Gasteiger partial charge in [0.1, 0.15) is 0 Å². The maximum atomic E-state index is 2.58. The van der Waals surface area contributed by atoms with Crippen LogP contribution in [-0.4, -0.2) is 49.6 Å². The third-order valence-corrected chi connectivity index (χ3v) is 3.74. The van der Waals surface area contributed by atoms with Gasteiger partial charge in [-0.25, -0.2) is 0 Å². The van der Waals surface area contributed by atoms with Gasteiger partial charge in [-0.3, -0.25) is 0 Å². The van der Waals surface area contributed by atoms with Crippen LogP contribution in [0.3, 0.4) is 0 Å².